The number of rotatable bonds is 5. The van der Waals surface area contributed by atoms with Crippen LogP contribution in [0.5, 0.6) is 0 Å². The van der Waals surface area contributed by atoms with Crippen LogP contribution in [-0.2, 0) is 11.2 Å². The van der Waals surface area contributed by atoms with Gasteiger partial charge in [-0.25, -0.2) is 4.79 Å². The summed E-state index contributed by atoms with van der Waals surface area (Å²) in [6.45, 7) is 3.67. The van der Waals surface area contributed by atoms with Gasteiger partial charge < -0.3 is 20.5 Å². The van der Waals surface area contributed by atoms with E-state index in [2.05, 4.69) is 16.7 Å². The molecule has 0 fully saturated rings. The van der Waals surface area contributed by atoms with Gasteiger partial charge in [0.1, 0.15) is 0 Å². The SMILES string of the molecule is CC[C@@H](C)[C@H](NC(=O)N[C@@H]1CCCc2ccccc21)C(=O)[O-]. The number of fused-ring (bicyclic) bond motifs is 1. The number of carbonyl (C=O) groups is 2. The van der Waals surface area contributed by atoms with Crippen LogP contribution in [0.25, 0.3) is 0 Å². The van der Waals surface area contributed by atoms with Crippen LogP contribution in [0.2, 0.25) is 0 Å². The number of carboxylic acid groups (broad SMARTS) is 1. The normalized spacial score (nSPS) is 19.6. The second kappa shape index (κ2) is 7.29. The molecule has 5 heteroatoms. The molecule has 1 aromatic rings. The quantitative estimate of drug-likeness (QED) is 0.865. The summed E-state index contributed by atoms with van der Waals surface area (Å²) in [5.41, 5.74) is 2.37. The first kappa shape index (κ1) is 16.3. The molecule has 0 heterocycles. The van der Waals surface area contributed by atoms with Gasteiger partial charge in [-0.15, -0.1) is 0 Å². The lowest BCUT2D eigenvalue weighted by Gasteiger charge is -2.29. The molecule has 1 aromatic carbocycles. The number of urea groups is 1. The maximum atomic E-state index is 12.1. The lowest BCUT2D eigenvalue weighted by Crippen LogP contribution is -2.54. The van der Waals surface area contributed by atoms with Gasteiger partial charge in [-0.05, 0) is 36.3 Å². The molecular weight excluding hydrogens is 280 g/mol. The van der Waals surface area contributed by atoms with Crippen LogP contribution in [0.1, 0.15) is 50.3 Å². The highest BCUT2D eigenvalue weighted by molar-refractivity contribution is 5.82. The molecule has 0 spiro atoms. The van der Waals surface area contributed by atoms with Crippen molar-refractivity contribution in [2.75, 3.05) is 0 Å². The molecule has 0 aromatic heterocycles. The Morgan fingerprint density at radius 3 is 2.77 bits per heavy atom. The molecule has 1 aliphatic carbocycles. The minimum atomic E-state index is -1.24. The van der Waals surface area contributed by atoms with Crippen LogP contribution in [0.15, 0.2) is 24.3 Å². The maximum Gasteiger partial charge on any atom is 0.315 e. The molecule has 120 valence electrons. The fourth-order valence-corrected chi connectivity index (χ4v) is 2.91. The third-order valence-corrected chi connectivity index (χ3v) is 4.43. The number of hydrogen-bond acceptors (Lipinski definition) is 3. The van der Waals surface area contributed by atoms with Crippen molar-refractivity contribution in [1.82, 2.24) is 10.6 Å². The Morgan fingerprint density at radius 1 is 1.36 bits per heavy atom. The molecule has 0 radical (unpaired) electrons. The highest BCUT2D eigenvalue weighted by Crippen LogP contribution is 2.29. The lowest BCUT2D eigenvalue weighted by molar-refractivity contribution is -0.309. The van der Waals surface area contributed by atoms with Gasteiger partial charge in [0.15, 0.2) is 0 Å². The van der Waals surface area contributed by atoms with Crippen molar-refractivity contribution >= 4 is 12.0 Å². The highest BCUT2D eigenvalue weighted by Gasteiger charge is 2.24. The van der Waals surface area contributed by atoms with Crippen LogP contribution in [-0.4, -0.2) is 18.0 Å². The molecular formula is C17H23N2O3-. The van der Waals surface area contributed by atoms with Crippen molar-refractivity contribution < 1.29 is 14.7 Å². The number of carboxylic acids is 1. The largest absolute Gasteiger partial charge is 0.548 e. The number of hydrogen-bond donors (Lipinski definition) is 2. The second-order valence-corrected chi connectivity index (χ2v) is 5.94. The zero-order valence-electron chi connectivity index (χ0n) is 13.1. The first-order valence-corrected chi connectivity index (χ1v) is 7.88. The van der Waals surface area contributed by atoms with Crippen LogP contribution >= 0.6 is 0 Å². The Bertz CT molecular complexity index is 544. The first-order chi connectivity index (χ1) is 10.5. The van der Waals surface area contributed by atoms with Gasteiger partial charge >= 0.3 is 6.03 Å². The minimum Gasteiger partial charge on any atom is -0.548 e. The van der Waals surface area contributed by atoms with Crippen molar-refractivity contribution in [3.8, 4) is 0 Å². The predicted octanol–water partition coefficient (Wildman–Crippen LogP) is 1.53. The van der Waals surface area contributed by atoms with E-state index >= 15 is 0 Å². The Kier molecular flexibility index (Phi) is 5.41. The van der Waals surface area contributed by atoms with Gasteiger partial charge in [-0.3, -0.25) is 0 Å². The fourth-order valence-electron chi connectivity index (χ4n) is 2.91. The lowest BCUT2D eigenvalue weighted by atomic mass is 9.88. The highest BCUT2D eigenvalue weighted by atomic mass is 16.4. The van der Waals surface area contributed by atoms with E-state index in [9.17, 15) is 14.7 Å². The first-order valence-electron chi connectivity index (χ1n) is 7.88. The summed E-state index contributed by atoms with van der Waals surface area (Å²) in [5, 5.41) is 16.6. The molecule has 0 bridgehead atoms. The monoisotopic (exact) mass is 303 g/mol. The average Bonchev–Trinajstić information content (AvgIpc) is 2.52. The summed E-state index contributed by atoms with van der Waals surface area (Å²) in [4.78, 5) is 23.3. The van der Waals surface area contributed by atoms with Crippen LogP contribution < -0.4 is 15.7 Å². The molecule has 22 heavy (non-hydrogen) atoms. The summed E-state index contributed by atoms with van der Waals surface area (Å²) in [6, 6.07) is 6.56. The van der Waals surface area contributed by atoms with Gasteiger partial charge in [0, 0.05) is 0 Å². The fraction of sp³-hybridized carbons (Fsp3) is 0.529. The molecule has 1 aliphatic rings. The molecule has 2 rings (SSSR count). The summed E-state index contributed by atoms with van der Waals surface area (Å²) in [7, 11) is 0. The molecule has 3 atom stereocenters. The summed E-state index contributed by atoms with van der Waals surface area (Å²) in [6.07, 6.45) is 3.55. The molecule has 0 aliphatic heterocycles. The average molecular weight is 303 g/mol. The molecule has 2 N–H and O–H groups in total. The van der Waals surface area contributed by atoms with E-state index in [1.54, 1.807) is 6.92 Å². The summed E-state index contributed by atoms with van der Waals surface area (Å²) < 4.78 is 0. The Labute approximate surface area is 131 Å². The van der Waals surface area contributed by atoms with E-state index in [4.69, 9.17) is 0 Å². The van der Waals surface area contributed by atoms with Gasteiger partial charge in [0.2, 0.25) is 0 Å². The standard InChI is InChI=1S/C17H24N2O3/c1-3-11(2)15(16(20)21)19-17(22)18-14-10-6-8-12-7-4-5-9-13(12)14/h4-5,7,9,11,14-15H,3,6,8,10H2,1-2H3,(H,20,21)(H2,18,19,22)/p-1/t11-,14-,15+/m1/s1. The van der Waals surface area contributed by atoms with Crippen molar-refractivity contribution in [3.63, 3.8) is 0 Å². The molecule has 2 amide bonds. The number of aryl methyl sites for hydroxylation is 1. The minimum absolute atomic E-state index is 0.0655. The van der Waals surface area contributed by atoms with E-state index in [1.807, 2.05) is 25.1 Å². The number of benzene rings is 1. The van der Waals surface area contributed by atoms with Gasteiger partial charge in [-0.2, -0.15) is 0 Å². The third-order valence-electron chi connectivity index (χ3n) is 4.43. The van der Waals surface area contributed by atoms with Gasteiger partial charge in [0.05, 0.1) is 18.1 Å². The van der Waals surface area contributed by atoms with Crippen molar-refractivity contribution in [2.24, 2.45) is 5.92 Å². The van der Waals surface area contributed by atoms with Gasteiger partial charge in [-0.1, -0.05) is 44.5 Å². The van der Waals surface area contributed by atoms with E-state index < -0.39 is 18.0 Å². The molecule has 0 saturated carbocycles. The van der Waals surface area contributed by atoms with E-state index in [1.165, 1.54) is 5.56 Å². The summed E-state index contributed by atoms with van der Waals surface area (Å²) >= 11 is 0. The Balaban J connectivity index is 2.02. The van der Waals surface area contributed by atoms with E-state index in [0.29, 0.717) is 6.42 Å². The molecule has 0 saturated heterocycles. The predicted molar refractivity (Wildman–Crippen MR) is 82.0 cm³/mol. The van der Waals surface area contributed by atoms with Crippen molar-refractivity contribution in [1.29, 1.82) is 0 Å². The smallest absolute Gasteiger partial charge is 0.315 e. The van der Waals surface area contributed by atoms with Crippen LogP contribution in [0.4, 0.5) is 4.79 Å². The number of aliphatic carboxylic acids is 1. The van der Waals surface area contributed by atoms with Crippen molar-refractivity contribution in [2.45, 2.75) is 51.6 Å². The van der Waals surface area contributed by atoms with Crippen LogP contribution in [0, 0.1) is 5.92 Å². The van der Waals surface area contributed by atoms with Crippen LogP contribution in [0.3, 0.4) is 0 Å². The topological polar surface area (TPSA) is 81.3 Å². The Hall–Kier alpha value is -2.04. The van der Waals surface area contributed by atoms with Gasteiger partial charge in [0.25, 0.3) is 0 Å². The van der Waals surface area contributed by atoms with E-state index in [-0.39, 0.29) is 12.0 Å². The number of nitrogens with one attached hydrogen (secondary N) is 2. The van der Waals surface area contributed by atoms with E-state index in [0.717, 1.165) is 24.8 Å². The third kappa shape index (κ3) is 3.78. The zero-order chi connectivity index (χ0) is 16.1. The maximum absolute atomic E-state index is 12.1. The molecule has 5 nitrogen and oxygen atoms in total. The van der Waals surface area contributed by atoms with Crippen molar-refractivity contribution in [3.05, 3.63) is 35.4 Å². The second-order valence-electron chi connectivity index (χ2n) is 5.94. The zero-order valence-corrected chi connectivity index (χ0v) is 13.1. The molecule has 0 unspecified atom stereocenters. The Morgan fingerprint density at radius 2 is 2.09 bits per heavy atom. The number of carbonyl (C=O) groups excluding carboxylic acids is 2. The summed E-state index contributed by atoms with van der Waals surface area (Å²) in [5.74, 6) is -1.41. The number of amides is 2.